The van der Waals surface area contributed by atoms with Gasteiger partial charge in [0.05, 0.1) is 17.9 Å². The number of piperidine rings is 1. The number of rotatable bonds is 5. The molecule has 1 N–H and O–H groups in total. The molecule has 27 heavy (non-hydrogen) atoms. The average molecular weight is 382 g/mol. The second-order valence-corrected chi connectivity index (χ2v) is 7.65. The second kappa shape index (κ2) is 7.92. The van der Waals surface area contributed by atoms with E-state index in [9.17, 15) is 4.79 Å². The molecule has 7 heteroatoms. The second-order valence-electron chi connectivity index (χ2n) is 6.82. The molecule has 1 aromatic carbocycles. The molecule has 3 aromatic rings. The number of nitrogens with zero attached hydrogens (tertiary/aromatic N) is 4. The van der Waals surface area contributed by atoms with Gasteiger partial charge in [0.15, 0.2) is 5.13 Å². The molecule has 0 bridgehead atoms. The smallest absolute Gasteiger partial charge is 0.273 e. The number of thiazole rings is 1. The molecule has 3 heterocycles. The van der Waals surface area contributed by atoms with Crippen molar-refractivity contribution in [3.05, 3.63) is 58.9 Å². The highest BCUT2D eigenvalue weighted by Crippen LogP contribution is 2.24. The number of amides is 1. The Kier molecular flexibility index (Phi) is 5.20. The Morgan fingerprint density at radius 1 is 1.19 bits per heavy atom. The lowest BCUT2D eigenvalue weighted by atomic mass is 10.1. The van der Waals surface area contributed by atoms with Crippen LogP contribution in [0, 0.1) is 6.92 Å². The SMILES string of the molecule is Cc1cc(C(=O)Nc2ccccc2)n(Cc2csc(N3CCCCC3)n2)n1. The highest BCUT2D eigenvalue weighted by atomic mass is 32.1. The van der Waals surface area contributed by atoms with E-state index < -0.39 is 0 Å². The quantitative estimate of drug-likeness (QED) is 0.727. The lowest BCUT2D eigenvalue weighted by Gasteiger charge is -2.25. The molecule has 0 saturated carbocycles. The Labute approximate surface area is 162 Å². The van der Waals surface area contributed by atoms with Crippen LogP contribution in [-0.4, -0.2) is 33.8 Å². The van der Waals surface area contributed by atoms with Crippen LogP contribution in [0.1, 0.15) is 41.1 Å². The van der Waals surface area contributed by atoms with Crippen LogP contribution in [0.5, 0.6) is 0 Å². The molecule has 0 aliphatic carbocycles. The van der Waals surface area contributed by atoms with Gasteiger partial charge in [-0.1, -0.05) is 18.2 Å². The standard InChI is InChI=1S/C20H23N5OS/c1-15-12-18(19(26)21-16-8-4-2-5-9-16)25(23-15)13-17-14-27-20(22-17)24-10-6-3-7-11-24/h2,4-5,8-9,12,14H,3,6-7,10-11,13H2,1H3,(H,21,26). The van der Waals surface area contributed by atoms with Gasteiger partial charge in [-0.3, -0.25) is 9.48 Å². The molecule has 2 aromatic heterocycles. The molecule has 0 radical (unpaired) electrons. The number of para-hydroxylation sites is 1. The molecule has 6 nitrogen and oxygen atoms in total. The van der Waals surface area contributed by atoms with Crippen molar-refractivity contribution in [3.63, 3.8) is 0 Å². The van der Waals surface area contributed by atoms with Crippen LogP contribution in [-0.2, 0) is 6.54 Å². The summed E-state index contributed by atoms with van der Waals surface area (Å²) in [5, 5.41) is 10.6. The third-order valence-electron chi connectivity index (χ3n) is 4.64. The maximum Gasteiger partial charge on any atom is 0.273 e. The summed E-state index contributed by atoms with van der Waals surface area (Å²) in [7, 11) is 0. The van der Waals surface area contributed by atoms with Crippen LogP contribution in [0.25, 0.3) is 0 Å². The monoisotopic (exact) mass is 381 g/mol. The molecule has 0 unspecified atom stereocenters. The van der Waals surface area contributed by atoms with Crippen molar-refractivity contribution < 1.29 is 4.79 Å². The van der Waals surface area contributed by atoms with Crippen molar-refractivity contribution in [2.45, 2.75) is 32.7 Å². The van der Waals surface area contributed by atoms with Gasteiger partial charge >= 0.3 is 0 Å². The summed E-state index contributed by atoms with van der Waals surface area (Å²) in [5.74, 6) is -0.159. The molecule has 0 spiro atoms. The highest BCUT2D eigenvalue weighted by Gasteiger charge is 2.18. The zero-order chi connectivity index (χ0) is 18.6. The van der Waals surface area contributed by atoms with E-state index in [1.165, 1.54) is 19.3 Å². The fourth-order valence-electron chi connectivity index (χ4n) is 3.32. The number of hydrogen-bond donors (Lipinski definition) is 1. The topological polar surface area (TPSA) is 63.1 Å². The average Bonchev–Trinajstić information content (AvgIpc) is 3.30. The van der Waals surface area contributed by atoms with E-state index in [1.807, 2.05) is 43.3 Å². The van der Waals surface area contributed by atoms with E-state index in [-0.39, 0.29) is 5.91 Å². The summed E-state index contributed by atoms with van der Waals surface area (Å²) in [4.78, 5) is 19.8. The molecule has 0 atom stereocenters. The summed E-state index contributed by atoms with van der Waals surface area (Å²) in [6, 6.07) is 11.3. The minimum absolute atomic E-state index is 0.159. The normalized spacial score (nSPS) is 14.3. The van der Waals surface area contributed by atoms with Crippen LogP contribution in [0.15, 0.2) is 41.8 Å². The molecule has 4 rings (SSSR count). The fourth-order valence-corrected chi connectivity index (χ4v) is 4.19. The molecule has 1 aliphatic rings. The van der Waals surface area contributed by atoms with E-state index in [0.717, 1.165) is 35.3 Å². The van der Waals surface area contributed by atoms with Gasteiger partial charge in [0.2, 0.25) is 0 Å². The van der Waals surface area contributed by atoms with Crippen LogP contribution >= 0.6 is 11.3 Å². The first-order valence-corrected chi connectivity index (χ1v) is 10.2. The summed E-state index contributed by atoms with van der Waals surface area (Å²) in [6.45, 7) is 4.56. The third kappa shape index (κ3) is 4.19. The maximum absolute atomic E-state index is 12.7. The molecule has 1 amide bonds. The van der Waals surface area contributed by atoms with E-state index in [4.69, 9.17) is 4.98 Å². The lowest BCUT2D eigenvalue weighted by Crippen LogP contribution is -2.29. The Hall–Kier alpha value is -2.67. The number of hydrogen-bond acceptors (Lipinski definition) is 5. The minimum atomic E-state index is -0.159. The van der Waals surface area contributed by atoms with Crippen LogP contribution in [0.4, 0.5) is 10.8 Å². The van der Waals surface area contributed by atoms with E-state index in [2.05, 4.69) is 20.7 Å². The number of nitrogens with one attached hydrogen (secondary N) is 1. The number of carbonyl (C=O) groups excluding carboxylic acids is 1. The van der Waals surface area contributed by atoms with Gasteiger partial charge in [0, 0.05) is 24.2 Å². The number of aryl methyl sites for hydroxylation is 1. The maximum atomic E-state index is 12.7. The largest absolute Gasteiger partial charge is 0.348 e. The van der Waals surface area contributed by atoms with Crippen molar-refractivity contribution in [1.29, 1.82) is 0 Å². The predicted molar refractivity (Wildman–Crippen MR) is 109 cm³/mol. The number of benzene rings is 1. The Bertz CT molecular complexity index is 912. The number of anilines is 2. The molecule has 1 saturated heterocycles. The van der Waals surface area contributed by atoms with E-state index in [0.29, 0.717) is 12.2 Å². The van der Waals surface area contributed by atoms with Gasteiger partial charge in [-0.15, -0.1) is 11.3 Å². The Morgan fingerprint density at radius 3 is 2.74 bits per heavy atom. The van der Waals surface area contributed by atoms with Gasteiger partial charge in [-0.25, -0.2) is 4.98 Å². The van der Waals surface area contributed by atoms with Crippen LogP contribution in [0.2, 0.25) is 0 Å². The molecule has 1 fully saturated rings. The van der Waals surface area contributed by atoms with Crippen molar-refractivity contribution in [2.24, 2.45) is 0 Å². The van der Waals surface area contributed by atoms with Crippen molar-refractivity contribution in [1.82, 2.24) is 14.8 Å². The van der Waals surface area contributed by atoms with Crippen molar-refractivity contribution in [2.75, 3.05) is 23.3 Å². The van der Waals surface area contributed by atoms with Crippen LogP contribution < -0.4 is 10.2 Å². The zero-order valence-electron chi connectivity index (χ0n) is 15.4. The van der Waals surface area contributed by atoms with Gasteiger partial charge < -0.3 is 10.2 Å². The van der Waals surface area contributed by atoms with Crippen LogP contribution in [0.3, 0.4) is 0 Å². The summed E-state index contributed by atoms with van der Waals surface area (Å²) < 4.78 is 1.74. The zero-order valence-corrected chi connectivity index (χ0v) is 16.2. The molecule has 1 aliphatic heterocycles. The van der Waals surface area contributed by atoms with E-state index >= 15 is 0 Å². The Balaban J connectivity index is 1.49. The first-order valence-electron chi connectivity index (χ1n) is 9.29. The van der Waals surface area contributed by atoms with Gasteiger partial charge in [-0.05, 0) is 44.4 Å². The highest BCUT2D eigenvalue weighted by molar-refractivity contribution is 7.13. The third-order valence-corrected chi connectivity index (χ3v) is 5.59. The Morgan fingerprint density at radius 2 is 1.96 bits per heavy atom. The fraction of sp³-hybridized carbons (Fsp3) is 0.350. The number of carbonyl (C=O) groups is 1. The molecule has 140 valence electrons. The van der Waals surface area contributed by atoms with E-state index in [1.54, 1.807) is 16.0 Å². The minimum Gasteiger partial charge on any atom is -0.348 e. The van der Waals surface area contributed by atoms with Crippen molar-refractivity contribution >= 4 is 28.1 Å². The van der Waals surface area contributed by atoms with Crippen molar-refractivity contribution in [3.8, 4) is 0 Å². The summed E-state index contributed by atoms with van der Waals surface area (Å²) >= 11 is 1.67. The van der Waals surface area contributed by atoms with Gasteiger partial charge in [0.25, 0.3) is 5.91 Å². The predicted octanol–water partition coefficient (Wildman–Crippen LogP) is 3.94. The summed E-state index contributed by atoms with van der Waals surface area (Å²) in [6.07, 6.45) is 3.77. The first kappa shape index (κ1) is 17.7. The number of aromatic nitrogens is 3. The first-order chi connectivity index (χ1) is 13.2. The molecular formula is C20H23N5OS. The van der Waals surface area contributed by atoms with Gasteiger partial charge in [0.1, 0.15) is 5.69 Å². The summed E-state index contributed by atoms with van der Waals surface area (Å²) in [5.41, 5.74) is 3.08. The van der Waals surface area contributed by atoms with Gasteiger partial charge in [-0.2, -0.15) is 5.10 Å². The lowest BCUT2D eigenvalue weighted by molar-refractivity contribution is 0.101. The molecular weight excluding hydrogens is 358 g/mol.